The molecule has 1 aliphatic carbocycles. The number of hydrogen-bond donors (Lipinski definition) is 2. The first-order valence-corrected chi connectivity index (χ1v) is 6.40. The highest BCUT2D eigenvalue weighted by Gasteiger charge is 2.31. The maximum Gasteiger partial charge on any atom is 0.237 e. The van der Waals surface area contributed by atoms with Gasteiger partial charge in [0.05, 0.1) is 6.04 Å². The summed E-state index contributed by atoms with van der Waals surface area (Å²) in [6.07, 6.45) is 5.51. The van der Waals surface area contributed by atoms with E-state index in [1.807, 2.05) is 0 Å². The number of hydrogen-bond acceptors (Lipinski definition) is 3. The molecule has 1 atom stereocenters. The summed E-state index contributed by atoms with van der Waals surface area (Å²) in [4.78, 5) is 14.0. The zero-order chi connectivity index (χ0) is 11.5. The van der Waals surface area contributed by atoms with Crippen molar-refractivity contribution in [2.45, 2.75) is 44.2 Å². The summed E-state index contributed by atoms with van der Waals surface area (Å²) in [6, 6.07) is 0.487. The first kappa shape index (κ1) is 11.9. The minimum Gasteiger partial charge on any atom is -0.355 e. The van der Waals surface area contributed by atoms with Crippen LogP contribution in [0.3, 0.4) is 0 Å². The topological polar surface area (TPSA) is 58.4 Å². The van der Waals surface area contributed by atoms with Gasteiger partial charge in [-0.15, -0.1) is 0 Å². The second-order valence-corrected chi connectivity index (χ2v) is 5.34. The Labute approximate surface area is 97.6 Å². The molecule has 0 bridgehead atoms. The third-order valence-corrected chi connectivity index (χ3v) is 3.86. The van der Waals surface area contributed by atoms with Crippen molar-refractivity contribution in [2.75, 3.05) is 20.1 Å². The van der Waals surface area contributed by atoms with E-state index in [2.05, 4.69) is 17.3 Å². The van der Waals surface area contributed by atoms with Crippen LogP contribution in [0.2, 0.25) is 0 Å². The van der Waals surface area contributed by atoms with Gasteiger partial charge in [-0.2, -0.15) is 0 Å². The van der Waals surface area contributed by atoms with Gasteiger partial charge in [0, 0.05) is 19.1 Å². The molecule has 1 amide bonds. The van der Waals surface area contributed by atoms with E-state index in [4.69, 9.17) is 5.73 Å². The summed E-state index contributed by atoms with van der Waals surface area (Å²) in [5.41, 5.74) is 5.78. The number of nitrogens with one attached hydrogen (secondary N) is 1. The second kappa shape index (κ2) is 5.15. The third kappa shape index (κ3) is 2.74. The van der Waals surface area contributed by atoms with Crippen LogP contribution < -0.4 is 11.1 Å². The summed E-state index contributed by atoms with van der Waals surface area (Å²) < 4.78 is 0. The van der Waals surface area contributed by atoms with E-state index in [0.29, 0.717) is 12.0 Å². The Hall–Kier alpha value is -0.610. The van der Waals surface area contributed by atoms with Crippen molar-refractivity contribution in [3.8, 4) is 0 Å². The van der Waals surface area contributed by atoms with Crippen molar-refractivity contribution < 1.29 is 4.79 Å². The van der Waals surface area contributed by atoms with Crippen LogP contribution in [0.1, 0.15) is 32.1 Å². The predicted octanol–water partition coefficient (Wildman–Crippen LogP) is 0.324. The van der Waals surface area contributed by atoms with Gasteiger partial charge >= 0.3 is 0 Å². The van der Waals surface area contributed by atoms with Crippen LogP contribution in [-0.4, -0.2) is 43.0 Å². The van der Waals surface area contributed by atoms with Crippen molar-refractivity contribution in [1.82, 2.24) is 10.2 Å². The Balaban J connectivity index is 1.82. The highest BCUT2D eigenvalue weighted by Crippen LogP contribution is 2.27. The first-order valence-electron chi connectivity index (χ1n) is 6.40. The molecular weight excluding hydrogens is 202 g/mol. The number of likely N-dealkylation sites (N-methyl/N-ethyl adjacent to an activating group) is 1. The van der Waals surface area contributed by atoms with Gasteiger partial charge in [0.2, 0.25) is 5.91 Å². The quantitative estimate of drug-likeness (QED) is 0.727. The molecule has 16 heavy (non-hydrogen) atoms. The number of carbonyl (C=O) groups is 1. The second-order valence-electron chi connectivity index (χ2n) is 5.34. The van der Waals surface area contributed by atoms with E-state index in [1.165, 1.54) is 0 Å². The van der Waals surface area contributed by atoms with Crippen LogP contribution in [0.5, 0.6) is 0 Å². The van der Waals surface area contributed by atoms with Crippen LogP contribution in [-0.2, 0) is 4.79 Å². The minimum absolute atomic E-state index is 0.0827. The number of nitrogens with two attached hydrogens (primary N) is 1. The zero-order valence-electron chi connectivity index (χ0n) is 10.1. The summed E-state index contributed by atoms with van der Waals surface area (Å²) in [5.74, 6) is 0.916. The van der Waals surface area contributed by atoms with Gasteiger partial charge in [-0.25, -0.2) is 0 Å². The monoisotopic (exact) mass is 225 g/mol. The lowest BCUT2D eigenvalue weighted by molar-refractivity contribution is -0.126. The minimum atomic E-state index is 0.0827. The van der Waals surface area contributed by atoms with E-state index in [0.717, 1.165) is 45.2 Å². The molecule has 0 spiro atoms. The Morgan fingerprint density at radius 3 is 2.88 bits per heavy atom. The standard InChI is InChI=1S/C12H23N3O/c1-15(8-9-6-10(13)7-9)11-4-2-3-5-14-12(11)16/h9-11H,2-8,13H2,1H3,(H,14,16). The fourth-order valence-corrected chi connectivity index (χ4v) is 2.81. The third-order valence-electron chi connectivity index (χ3n) is 3.86. The molecular formula is C12H23N3O. The summed E-state index contributed by atoms with van der Waals surface area (Å²) in [6.45, 7) is 1.86. The highest BCUT2D eigenvalue weighted by atomic mass is 16.2. The van der Waals surface area contributed by atoms with Gasteiger partial charge in [0.1, 0.15) is 0 Å². The average molecular weight is 225 g/mol. The number of amides is 1. The van der Waals surface area contributed by atoms with Gasteiger partial charge in [0.25, 0.3) is 0 Å². The molecule has 1 saturated carbocycles. The molecule has 4 nitrogen and oxygen atoms in total. The van der Waals surface area contributed by atoms with Gasteiger partial charge in [-0.1, -0.05) is 0 Å². The van der Waals surface area contributed by atoms with Crippen LogP contribution in [0.25, 0.3) is 0 Å². The molecule has 92 valence electrons. The van der Waals surface area contributed by atoms with Crippen molar-refractivity contribution in [3.05, 3.63) is 0 Å². The molecule has 0 aromatic carbocycles. The molecule has 4 heteroatoms. The van der Waals surface area contributed by atoms with Gasteiger partial charge in [0.15, 0.2) is 0 Å². The molecule has 2 fully saturated rings. The van der Waals surface area contributed by atoms with Crippen molar-refractivity contribution in [3.63, 3.8) is 0 Å². The molecule has 2 rings (SSSR count). The lowest BCUT2D eigenvalue weighted by atomic mass is 9.80. The maximum absolute atomic E-state index is 11.8. The predicted molar refractivity (Wildman–Crippen MR) is 64.0 cm³/mol. The van der Waals surface area contributed by atoms with E-state index in [1.54, 1.807) is 0 Å². The van der Waals surface area contributed by atoms with Gasteiger partial charge in [-0.05, 0) is 45.1 Å². The van der Waals surface area contributed by atoms with Crippen molar-refractivity contribution >= 4 is 5.91 Å². The van der Waals surface area contributed by atoms with E-state index >= 15 is 0 Å². The molecule has 0 radical (unpaired) electrons. The van der Waals surface area contributed by atoms with Crippen LogP contribution >= 0.6 is 0 Å². The van der Waals surface area contributed by atoms with Crippen LogP contribution in [0.15, 0.2) is 0 Å². The average Bonchev–Trinajstić information content (AvgIpc) is 2.40. The van der Waals surface area contributed by atoms with Crippen LogP contribution in [0, 0.1) is 5.92 Å². The molecule has 3 N–H and O–H groups in total. The molecule has 1 saturated heterocycles. The molecule has 2 aliphatic rings. The Morgan fingerprint density at radius 2 is 2.19 bits per heavy atom. The smallest absolute Gasteiger partial charge is 0.237 e. The molecule has 0 aromatic heterocycles. The van der Waals surface area contributed by atoms with E-state index < -0.39 is 0 Å². The molecule has 1 heterocycles. The first-order chi connectivity index (χ1) is 7.66. The Kier molecular flexibility index (Phi) is 3.82. The fraction of sp³-hybridized carbons (Fsp3) is 0.917. The normalized spacial score (nSPS) is 35.4. The number of carbonyl (C=O) groups excluding carboxylic acids is 1. The summed E-state index contributed by atoms with van der Waals surface area (Å²) >= 11 is 0. The van der Waals surface area contributed by atoms with Gasteiger partial charge in [-0.3, -0.25) is 9.69 Å². The molecule has 1 unspecified atom stereocenters. The van der Waals surface area contributed by atoms with Crippen molar-refractivity contribution in [1.29, 1.82) is 0 Å². The van der Waals surface area contributed by atoms with Crippen molar-refractivity contribution in [2.24, 2.45) is 11.7 Å². The molecule has 0 aromatic rings. The van der Waals surface area contributed by atoms with Gasteiger partial charge < -0.3 is 11.1 Å². The highest BCUT2D eigenvalue weighted by molar-refractivity contribution is 5.81. The Bertz CT molecular complexity index is 251. The fourth-order valence-electron chi connectivity index (χ4n) is 2.81. The molecule has 1 aliphatic heterocycles. The Morgan fingerprint density at radius 1 is 1.44 bits per heavy atom. The van der Waals surface area contributed by atoms with E-state index in [9.17, 15) is 4.79 Å². The lowest BCUT2D eigenvalue weighted by Crippen LogP contribution is -2.49. The lowest BCUT2D eigenvalue weighted by Gasteiger charge is -2.37. The number of rotatable bonds is 3. The van der Waals surface area contributed by atoms with E-state index in [-0.39, 0.29) is 11.9 Å². The maximum atomic E-state index is 11.8. The largest absolute Gasteiger partial charge is 0.355 e. The summed E-state index contributed by atoms with van der Waals surface area (Å²) in [7, 11) is 2.07. The number of nitrogens with zero attached hydrogens (tertiary/aromatic N) is 1. The summed E-state index contributed by atoms with van der Waals surface area (Å²) in [5, 5.41) is 2.99. The van der Waals surface area contributed by atoms with Crippen LogP contribution in [0.4, 0.5) is 0 Å². The zero-order valence-corrected chi connectivity index (χ0v) is 10.1. The SMILES string of the molecule is CN(CC1CC(N)C1)C1CCCCNC1=O.